The Labute approximate surface area is 118 Å². The number of halogens is 2. The molecule has 0 nitrogen and oxygen atoms in total. The molecule has 1 aromatic rings. The van der Waals surface area contributed by atoms with Gasteiger partial charge >= 0.3 is 0 Å². The molecule has 0 aromatic heterocycles. The molecule has 0 N–H and O–H groups in total. The van der Waals surface area contributed by atoms with Crippen LogP contribution in [0.15, 0.2) is 24.3 Å². The van der Waals surface area contributed by atoms with Gasteiger partial charge in [-0.25, -0.2) is 0 Å². The van der Waals surface area contributed by atoms with E-state index in [0.29, 0.717) is 4.83 Å². The third-order valence-corrected chi connectivity index (χ3v) is 5.02. The zero-order chi connectivity index (χ0) is 12.1. The lowest BCUT2D eigenvalue weighted by Gasteiger charge is -2.22. The molecule has 0 radical (unpaired) electrons. The van der Waals surface area contributed by atoms with E-state index in [1.54, 1.807) is 0 Å². The van der Waals surface area contributed by atoms with Crippen LogP contribution in [0.2, 0.25) is 5.02 Å². The van der Waals surface area contributed by atoms with E-state index in [1.165, 1.54) is 50.5 Å². The van der Waals surface area contributed by atoms with Crippen molar-refractivity contribution in [2.75, 3.05) is 0 Å². The van der Waals surface area contributed by atoms with Crippen LogP contribution in [0.4, 0.5) is 0 Å². The van der Waals surface area contributed by atoms with Crippen LogP contribution in [0.1, 0.15) is 55.3 Å². The van der Waals surface area contributed by atoms with E-state index >= 15 is 0 Å². The predicted molar refractivity (Wildman–Crippen MR) is 78.9 cm³/mol. The highest BCUT2D eigenvalue weighted by atomic mass is 79.9. The zero-order valence-electron chi connectivity index (χ0n) is 10.2. The van der Waals surface area contributed by atoms with E-state index in [1.807, 2.05) is 12.1 Å². The van der Waals surface area contributed by atoms with Crippen LogP contribution < -0.4 is 0 Å². The Hall–Kier alpha value is -0.0100. The molecule has 94 valence electrons. The third kappa shape index (κ3) is 4.30. The van der Waals surface area contributed by atoms with Crippen molar-refractivity contribution in [3.8, 4) is 0 Å². The largest absolute Gasteiger partial charge is 0.0843 e. The van der Waals surface area contributed by atoms with Crippen LogP contribution in [0.25, 0.3) is 0 Å². The normalized spacial score (nSPS) is 19.2. The molecule has 0 amide bonds. The topological polar surface area (TPSA) is 0 Å². The molecular formula is C15H20BrCl. The van der Waals surface area contributed by atoms with Gasteiger partial charge in [0.05, 0.1) is 0 Å². The lowest BCUT2D eigenvalue weighted by atomic mass is 9.85. The van der Waals surface area contributed by atoms with Gasteiger partial charge in [0.15, 0.2) is 0 Å². The fraction of sp³-hybridized carbons (Fsp3) is 0.600. The van der Waals surface area contributed by atoms with Crippen molar-refractivity contribution in [3.63, 3.8) is 0 Å². The molecule has 0 aliphatic heterocycles. The first-order valence-electron chi connectivity index (χ1n) is 6.65. The summed E-state index contributed by atoms with van der Waals surface area (Å²) in [6.45, 7) is 0. The summed E-state index contributed by atoms with van der Waals surface area (Å²) in [6, 6.07) is 8.21. The Bertz CT molecular complexity index is 327. The summed E-state index contributed by atoms with van der Waals surface area (Å²) >= 11 is 9.69. The maximum atomic E-state index is 5.90. The zero-order valence-corrected chi connectivity index (χ0v) is 12.5. The molecule has 1 unspecified atom stereocenters. The van der Waals surface area contributed by atoms with E-state index < -0.39 is 0 Å². The van der Waals surface area contributed by atoms with Crippen molar-refractivity contribution >= 4 is 27.5 Å². The van der Waals surface area contributed by atoms with E-state index in [4.69, 9.17) is 11.6 Å². The molecular weight excluding hydrogens is 296 g/mol. The Balaban J connectivity index is 1.80. The first-order valence-corrected chi connectivity index (χ1v) is 7.94. The first kappa shape index (κ1) is 13.4. The van der Waals surface area contributed by atoms with Crippen molar-refractivity contribution in [3.05, 3.63) is 34.9 Å². The van der Waals surface area contributed by atoms with Gasteiger partial charge in [-0.3, -0.25) is 0 Å². The van der Waals surface area contributed by atoms with Gasteiger partial charge in [0, 0.05) is 9.85 Å². The average Bonchev–Trinajstić information content (AvgIpc) is 2.38. The maximum Gasteiger partial charge on any atom is 0.0406 e. The molecule has 1 fully saturated rings. The van der Waals surface area contributed by atoms with Crippen molar-refractivity contribution < 1.29 is 0 Å². The summed E-state index contributed by atoms with van der Waals surface area (Å²) in [5.74, 6) is 0.969. The molecule has 17 heavy (non-hydrogen) atoms. The fourth-order valence-corrected chi connectivity index (χ4v) is 3.39. The Morgan fingerprint density at radius 2 is 1.76 bits per heavy atom. The van der Waals surface area contributed by atoms with Crippen molar-refractivity contribution in [2.24, 2.45) is 5.92 Å². The SMILES string of the molecule is Clc1ccc(C(Br)CCC2CCCCC2)cc1. The minimum atomic E-state index is 0.488. The molecule has 1 aliphatic carbocycles. The molecule has 1 atom stereocenters. The highest BCUT2D eigenvalue weighted by Crippen LogP contribution is 2.34. The second-order valence-electron chi connectivity index (χ2n) is 5.10. The van der Waals surface area contributed by atoms with Crippen LogP contribution in [-0.2, 0) is 0 Å². The van der Waals surface area contributed by atoms with Crippen LogP contribution in [0.5, 0.6) is 0 Å². The number of hydrogen-bond acceptors (Lipinski definition) is 0. The molecule has 1 saturated carbocycles. The molecule has 1 aromatic carbocycles. The molecule has 0 saturated heterocycles. The van der Waals surface area contributed by atoms with E-state index in [0.717, 1.165) is 10.9 Å². The first-order chi connectivity index (χ1) is 8.25. The Morgan fingerprint density at radius 1 is 1.12 bits per heavy atom. The van der Waals surface area contributed by atoms with Gasteiger partial charge in [-0.15, -0.1) is 0 Å². The summed E-state index contributed by atoms with van der Waals surface area (Å²) in [7, 11) is 0. The standard InChI is InChI=1S/C15H20BrCl/c16-15(13-7-9-14(17)10-8-13)11-6-12-4-2-1-3-5-12/h7-10,12,15H,1-6,11H2. The second-order valence-corrected chi connectivity index (χ2v) is 6.64. The van der Waals surface area contributed by atoms with Gasteiger partial charge < -0.3 is 0 Å². The lowest BCUT2D eigenvalue weighted by molar-refractivity contribution is 0.332. The molecule has 2 rings (SSSR count). The summed E-state index contributed by atoms with van der Waals surface area (Å²) in [4.78, 5) is 0.488. The minimum Gasteiger partial charge on any atom is -0.0843 e. The van der Waals surface area contributed by atoms with Gasteiger partial charge in [-0.2, -0.15) is 0 Å². The Kier molecular flexibility index (Phi) is 5.37. The quantitative estimate of drug-likeness (QED) is 0.586. The summed E-state index contributed by atoms with van der Waals surface area (Å²) in [5.41, 5.74) is 1.35. The van der Waals surface area contributed by atoms with Gasteiger partial charge in [0.2, 0.25) is 0 Å². The molecule has 0 spiro atoms. The Morgan fingerprint density at radius 3 is 2.41 bits per heavy atom. The van der Waals surface area contributed by atoms with Crippen molar-refractivity contribution in [2.45, 2.75) is 49.8 Å². The maximum absolute atomic E-state index is 5.90. The van der Waals surface area contributed by atoms with Gasteiger partial charge in [0.25, 0.3) is 0 Å². The number of alkyl halides is 1. The van der Waals surface area contributed by atoms with E-state index in [9.17, 15) is 0 Å². The average molecular weight is 316 g/mol. The number of benzene rings is 1. The highest BCUT2D eigenvalue weighted by molar-refractivity contribution is 9.09. The molecule has 2 heteroatoms. The summed E-state index contributed by atoms with van der Waals surface area (Å²) < 4.78 is 0. The van der Waals surface area contributed by atoms with Crippen LogP contribution in [0.3, 0.4) is 0 Å². The molecule has 1 aliphatic rings. The van der Waals surface area contributed by atoms with E-state index in [-0.39, 0.29) is 0 Å². The minimum absolute atomic E-state index is 0.488. The van der Waals surface area contributed by atoms with Crippen LogP contribution in [-0.4, -0.2) is 0 Å². The number of hydrogen-bond donors (Lipinski definition) is 0. The predicted octanol–water partition coefficient (Wildman–Crippen LogP) is 6.14. The van der Waals surface area contributed by atoms with Crippen LogP contribution >= 0.6 is 27.5 Å². The lowest BCUT2D eigenvalue weighted by Crippen LogP contribution is -2.07. The summed E-state index contributed by atoms with van der Waals surface area (Å²) in [5, 5.41) is 0.820. The molecule has 0 bridgehead atoms. The highest BCUT2D eigenvalue weighted by Gasteiger charge is 2.15. The fourth-order valence-electron chi connectivity index (χ4n) is 2.70. The van der Waals surface area contributed by atoms with Gasteiger partial charge in [0.1, 0.15) is 0 Å². The number of rotatable bonds is 4. The summed E-state index contributed by atoms with van der Waals surface area (Å²) in [6.07, 6.45) is 9.83. The van der Waals surface area contributed by atoms with Crippen molar-refractivity contribution in [1.29, 1.82) is 0 Å². The van der Waals surface area contributed by atoms with Gasteiger partial charge in [-0.1, -0.05) is 71.8 Å². The van der Waals surface area contributed by atoms with Crippen molar-refractivity contribution in [1.82, 2.24) is 0 Å². The van der Waals surface area contributed by atoms with E-state index in [2.05, 4.69) is 28.1 Å². The molecule has 0 heterocycles. The second kappa shape index (κ2) is 6.80. The third-order valence-electron chi connectivity index (χ3n) is 3.78. The monoisotopic (exact) mass is 314 g/mol. The van der Waals surface area contributed by atoms with Gasteiger partial charge in [-0.05, 0) is 36.5 Å². The van der Waals surface area contributed by atoms with Crippen LogP contribution in [0, 0.1) is 5.92 Å². The smallest absolute Gasteiger partial charge is 0.0406 e.